The summed E-state index contributed by atoms with van der Waals surface area (Å²) in [6.45, 7) is 0.191. The predicted molar refractivity (Wildman–Crippen MR) is 95.3 cm³/mol. The van der Waals surface area contributed by atoms with Gasteiger partial charge in [-0.05, 0) is 30.3 Å². The maximum Gasteiger partial charge on any atom is 0.319 e. The fourth-order valence-electron chi connectivity index (χ4n) is 2.48. The van der Waals surface area contributed by atoms with Crippen LogP contribution in [-0.4, -0.2) is 35.8 Å². The maximum absolute atomic E-state index is 12.2. The van der Waals surface area contributed by atoms with Gasteiger partial charge in [0, 0.05) is 18.1 Å². The van der Waals surface area contributed by atoms with Crippen LogP contribution in [0.3, 0.4) is 0 Å². The van der Waals surface area contributed by atoms with Crippen molar-refractivity contribution in [3.63, 3.8) is 0 Å². The van der Waals surface area contributed by atoms with Crippen LogP contribution in [0.2, 0.25) is 10.0 Å². The zero-order valence-corrected chi connectivity index (χ0v) is 14.4. The van der Waals surface area contributed by atoms with Gasteiger partial charge in [-0.15, -0.1) is 0 Å². The van der Waals surface area contributed by atoms with Crippen molar-refractivity contribution in [1.29, 1.82) is 0 Å². The van der Waals surface area contributed by atoms with Crippen molar-refractivity contribution in [1.82, 2.24) is 10.2 Å². The average Bonchev–Trinajstić information content (AvgIpc) is 2.83. The molecule has 1 aliphatic heterocycles. The van der Waals surface area contributed by atoms with E-state index in [2.05, 4.69) is 10.6 Å². The molecule has 0 bridgehead atoms. The van der Waals surface area contributed by atoms with Gasteiger partial charge in [-0.1, -0.05) is 35.3 Å². The van der Waals surface area contributed by atoms with Gasteiger partial charge >= 0.3 is 6.03 Å². The summed E-state index contributed by atoms with van der Waals surface area (Å²) >= 11 is 11.8. The average molecular weight is 378 g/mol. The smallest absolute Gasteiger partial charge is 0.319 e. The zero-order chi connectivity index (χ0) is 18.0. The third kappa shape index (κ3) is 3.60. The lowest BCUT2D eigenvalue weighted by Crippen LogP contribution is -2.39. The molecule has 0 spiro atoms. The molecule has 128 valence electrons. The Morgan fingerprint density at radius 1 is 1.00 bits per heavy atom. The van der Waals surface area contributed by atoms with Crippen LogP contribution >= 0.6 is 23.2 Å². The first-order valence-electron chi connectivity index (χ1n) is 7.42. The fraction of sp³-hybridized carbons (Fsp3) is 0.118. The van der Waals surface area contributed by atoms with E-state index in [1.165, 1.54) is 6.07 Å². The lowest BCUT2D eigenvalue weighted by Gasteiger charge is -2.14. The summed E-state index contributed by atoms with van der Waals surface area (Å²) in [5.74, 6) is -0.716. The Balaban J connectivity index is 1.54. The molecule has 6 nitrogen and oxygen atoms in total. The van der Waals surface area contributed by atoms with Gasteiger partial charge in [-0.3, -0.25) is 14.5 Å². The summed E-state index contributed by atoms with van der Waals surface area (Å²) in [6, 6.07) is 10.8. The molecule has 2 N–H and O–H groups in total. The normalized spacial score (nSPS) is 13.0. The highest BCUT2D eigenvalue weighted by atomic mass is 35.5. The van der Waals surface area contributed by atoms with Crippen LogP contribution in [0.1, 0.15) is 20.7 Å². The van der Waals surface area contributed by atoms with Gasteiger partial charge in [0.2, 0.25) is 0 Å². The fourth-order valence-corrected chi connectivity index (χ4v) is 2.94. The molecule has 0 atom stereocenters. The van der Waals surface area contributed by atoms with Gasteiger partial charge in [0.25, 0.3) is 11.8 Å². The van der Waals surface area contributed by atoms with E-state index in [4.69, 9.17) is 23.2 Å². The Morgan fingerprint density at radius 3 is 2.24 bits per heavy atom. The van der Waals surface area contributed by atoms with Gasteiger partial charge in [-0.25, -0.2) is 4.79 Å². The number of fused-ring (bicyclic) bond motifs is 1. The number of halogens is 2. The Bertz CT molecular complexity index is 835. The second kappa shape index (κ2) is 7.13. The van der Waals surface area contributed by atoms with Crippen LogP contribution in [0.25, 0.3) is 0 Å². The van der Waals surface area contributed by atoms with Crippen molar-refractivity contribution in [2.45, 2.75) is 0 Å². The molecule has 1 heterocycles. The molecule has 0 saturated heterocycles. The van der Waals surface area contributed by atoms with Crippen molar-refractivity contribution < 1.29 is 14.4 Å². The standard InChI is InChI=1S/C17H13Cl2N3O3/c18-10-5-6-14(13(19)9-10)21-17(25)20-7-8-22-15(23)11-3-1-2-4-12(11)16(22)24/h1-6,9H,7-8H2,(H2,20,21,25). The highest BCUT2D eigenvalue weighted by Gasteiger charge is 2.34. The predicted octanol–water partition coefficient (Wildman–Crippen LogP) is 3.41. The Morgan fingerprint density at radius 2 is 1.64 bits per heavy atom. The van der Waals surface area contributed by atoms with E-state index in [-0.39, 0.29) is 24.9 Å². The van der Waals surface area contributed by atoms with Gasteiger partial charge in [0.1, 0.15) is 0 Å². The summed E-state index contributed by atoms with van der Waals surface area (Å²) in [5.41, 5.74) is 1.17. The van der Waals surface area contributed by atoms with Gasteiger partial charge < -0.3 is 10.6 Å². The van der Waals surface area contributed by atoms with Gasteiger partial charge in [-0.2, -0.15) is 0 Å². The van der Waals surface area contributed by atoms with E-state index < -0.39 is 6.03 Å². The number of anilines is 1. The Labute approximate surface area is 153 Å². The molecule has 0 aromatic heterocycles. The van der Waals surface area contributed by atoms with Crippen LogP contribution < -0.4 is 10.6 Å². The first kappa shape index (κ1) is 17.3. The number of urea groups is 1. The zero-order valence-electron chi connectivity index (χ0n) is 12.9. The first-order chi connectivity index (χ1) is 12.0. The van der Waals surface area contributed by atoms with E-state index >= 15 is 0 Å². The van der Waals surface area contributed by atoms with E-state index in [0.717, 1.165) is 4.90 Å². The highest BCUT2D eigenvalue weighted by molar-refractivity contribution is 6.36. The van der Waals surface area contributed by atoms with Crippen LogP contribution in [0, 0.1) is 0 Å². The maximum atomic E-state index is 12.2. The molecule has 0 fully saturated rings. The number of imide groups is 1. The third-order valence-electron chi connectivity index (χ3n) is 3.68. The van der Waals surface area contributed by atoms with Crippen LogP contribution in [0.4, 0.5) is 10.5 Å². The van der Waals surface area contributed by atoms with E-state index in [1.54, 1.807) is 36.4 Å². The van der Waals surface area contributed by atoms with Crippen molar-refractivity contribution in [2.24, 2.45) is 0 Å². The number of benzene rings is 2. The number of hydrogen-bond donors (Lipinski definition) is 2. The molecule has 2 aromatic carbocycles. The van der Waals surface area contributed by atoms with Crippen molar-refractivity contribution in [3.8, 4) is 0 Å². The van der Waals surface area contributed by atoms with Crippen LogP contribution in [0.5, 0.6) is 0 Å². The topological polar surface area (TPSA) is 78.5 Å². The molecule has 8 heteroatoms. The lowest BCUT2D eigenvalue weighted by atomic mass is 10.1. The molecule has 0 aliphatic carbocycles. The molecular formula is C17H13Cl2N3O3. The summed E-state index contributed by atoms with van der Waals surface area (Å²) < 4.78 is 0. The van der Waals surface area contributed by atoms with Crippen LogP contribution in [-0.2, 0) is 0 Å². The molecule has 0 unspecified atom stereocenters. The first-order valence-corrected chi connectivity index (χ1v) is 8.18. The van der Waals surface area contributed by atoms with Crippen molar-refractivity contribution >= 4 is 46.7 Å². The van der Waals surface area contributed by atoms with Gasteiger partial charge in [0.05, 0.1) is 21.8 Å². The number of amides is 4. The second-order valence-electron chi connectivity index (χ2n) is 5.31. The Hall–Kier alpha value is -2.57. The largest absolute Gasteiger partial charge is 0.336 e. The third-order valence-corrected chi connectivity index (χ3v) is 4.23. The molecule has 0 radical (unpaired) electrons. The highest BCUT2D eigenvalue weighted by Crippen LogP contribution is 2.25. The molecule has 1 aliphatic rings. The minimum Gasteiger partial charge on any atom is -0.336 e. The molecule has 2 aromatic rings. The number of rotatable bonds is 4. The number of nitrogens with one attached hydrogen (secondary N) is 2. The quantitative estimate of drug-likeness (QED) is 0.801. The number of carbonyl (C=O) groups is 3. The number of carbonyl (C=O) groups excluding carboxylic acids is 3. The summed E-state index contributed by atoms with van der Waals surface area (Å²) in [6.07, 6.45) is 0. The van der Waals surface area contributed by atoms with Gasteiger partial charge in [0.15, 0.2) is 0 Å². The van der Waals surface area contributed by atoms with Crippen LogP contribution in [0.15, 0.2) is 42.5 Å². The Kier molecular flexibility index (Phi) is 4.92. The summed E-state index contributed by atoms with van der Waals surface area (Å²) in [7, 11) is 0. The lowest BCUT2D eigenvalue weighted by molar-refractivity contribution is 0.0656. The van der Waals surface area contributed by atoms with E-state index in [0.29, 0.717) is 26.9 Å². The van der Waals surface area contributed by atoms with E-state index in [9.17, 15) is 14.4 Å². The van der Waals surface area contributed by atoms with E-state index in [1.807, 2.05) is 0 Å². The number of hydrogen-bond acceptors (Lipinski definition) is 3. The minimum atomic E-state index is -0.499. The SMILES string of the molecule is O=C(NCCN1C(=O)c2ccccc2C1=O)Nc1ccc(Cl)cc1Cl. The molecule has 0 saturated carbocycles. The van der Waals surface area contributed by atoms with Crippen molar-refractivity contribution in [3.05, 3.63) is 63.6 Å². The van der Waals surface area contributed by atoms with Crippen molar-refractivity contribution in [2.75, 3.05) is 18.4 Å². The molecule has 25 heavy (non-hydrogen) atoms. The summed E-state index contributed by atoms with van der Waals surface area (Å²) in [5, 5.41) is 5.92. The number of nitrogens with zero attached hydrogens (tertiary/aromatic N) is 1. The molecular weight excluding hydrogens is 365 g/mol. The molecule has 3 rings (SSSR count). The monoisotopic (exact) mass is 377 g/mol. The second-order valence-corrected chi connectivity index (χ2v) is 6.16. The summed E-state index contributed by atoms with van der Waals surface area (Å²) in [4.78, 5) is 37.4. The minimum absolute atomic E-state index is 0.0775. The molecule has 4 amide bonds.